The molecule has 0 aliphatic heterocycles. The van der Waals surface area contributed by atoms with Crippen molar-refractivity contribution in [3.8, 4) is 0 Å². The molecule has 0 aromatic heterocycles. The van der Waals surface area contributed by atoms with Crippen LogP contribution in [0.3, 0.4) is 0 Å². The monoisotopic (exact) mass is 224 g/mol. The standard InChI is InChI=1S/C14H24O2/c1-3-5-6-11-13(4-2)16-14(15)12-9-7-8-10-12/h9,13H,3-8,10-11H2,1-2H3. The summed E-state index contributed by atoms with van der Waals surface area (Å²) in [4.78, 5) is 11.8. The van der Waals surface area contributed by atoms with Crippen LogP contribution in [-0.2, 0) is 9.53 Å². The van der Waals surface area contributed by atoms with Gasteiger partial charge in [-0.25, -0.2) is 4.79 Å². The molecule has 0 saturated carbocycles. The minimum atomic E-state index is -0.0687. The van der Waals surface area contributed by atoms with Gasteiger partial charge in [-0.05, 0) is 38.5 Å². The van der Waals surface area contributed by atoms with Gasteiger partial charge in [0.25, 0.3) is 0 Å². The number of esters is 1. The van der Waals surface area contributed by atoms with Gasteiger partial charge in [-0.2, -0.15) is 0 Å². The molecule has 1 aliphatic carbocycles. The van der Waals surface area contributed by atoms with Crippen molar-refractivity contribution in [2.24, 2.45) is 0 Å². The molecule has 0 spiro atoms. The summed E-state index contributed by atoms with van der Waals surface area (Å²) >= 11 is 0. The van der Waals surface area contributed by atoms with Crippen LogP contribution >= 0.6 is 0 Å². The summed E-state index contributed by atoms with van der Waals surface area (Å²) in [5.74, 6) is -0.0687. The SMILES string of the molecule is CCCCCC(CC)OC(=O)C1=CCCC1. The van der Waals surface area contributed by atoms with E-state index in [4.69, 9.17) is 4.74 Å². The lowest BCUT2D eigenvalue weighted by Crippen LogP contribution is -2.18. The molecule has 92 valence electrons. The van der Waals surface area contributed by atoms with Crippen LogP contribution in [0.15, 0.2) is 11.6 Å². The van der Waals surface area contributed by atoms with Gasteiger partial charge in [0.1, 0.15) is 6.10 Å². The third kappa shape index (κ3) is 4.38. The maximum Gasteiger partial charge on any atom is 0.333 e. The van der Waals surface area contributed by atoms with Crippen molar-refractivity contribution in [3.05, 3.63) is 11.6 Å². The van der Waals surface area contributed by atoms with Gasteiger partial charge in [-0.15, -0.1) is 0 Å². The zero-order valence-corrected chi connectivity index (χ0v) is 10.6. The predicted molar refractivity (Wildman–Crippen MR) is 66.2 cm³/mol. The largest absolute Gasteiger partial charge is 0.459 e. The van der Waals surface area contributed by atoms with Crippen LogP contribution in [0.4, 0.5) is 0 Å². The normalized spacial score (nSPS) is 17.0. The van der Waals surface area contributed by atoms with Crippen LogP contribution in [0.25, 0.3) is 0 Å². The average Bonchev–Trinajstić information content (AvgIpc) is 2.81. The van der Waals surface area contributed by atoms with E-state index in [-0.39, 0.29) is 12.1 Å². The van der Waals surface area contributed by atoms with Crippen molar-refractivity contribution in [1.82, 2.24) is 0 Å². The van der Waals surface area contributed by atoms with E-state index in [9.17, 15) is 4.79 Å². The molecule has 0 heterocycles. The Morgan fingerprint density at radius 3 is 2.81 bits per heavy atom. The summed E-state index contributed by atoms with van der Waals surface area (Å²) < 4.78 is 5.52. The van der Waals surface area contributed by atoms with Crippen LogP contribution in [0, 0.1) is 0 Å². The summed E-state index contributed by atoms with van der Waals surface area (Å²) in [5, 5.41) is 0. The van der Waals surface area contributed by atoms with Crippen molar-refractivity contribution >= 4 is 5.97 Å². The first-order valence-corrected chi connectivity index (χ1v) is 6.68. The smallest absolute Gasteiger partial charge is 0.333 e. The quantitative estimate of drug-likeness (QED) is 0.482. The molecule has 16 heavy (non-hydrogen) atoms. The third-order valence-corrected chi connectivity index (χ3v) is 3.16. The Bertz CT molecular complexity index is 243. The minimum Gasteiger partial charge on any atom is -0.459 e. The number of rotatable bonds is 7. The summed E-state index contributed by atoms with van der Waals surface area (Å²) in [5.41, 5.74) is 0.897. The second kappa shape index (κ2) is 7.48. The van der Waals surface area contributed by atoms with E-state index in [1.54, 1.807) is 0 Å². The molecule has 0 aromatic rings. The number of carbonyl (C=O) groups excluding carboxylic acids is 1. The highest BCUT2D eigenvalue weighted by atomic mass is 16.5. The molecule has 0 N–H and O–H groups in total. The molecule has 1 rings (SSSR count). The molecule has 0 fully saturated rings. The van der Waals surface area contributed by atoms with E-state index >= 15 is 0 Å². The number of unbranched alkanes of at least 4 members (excludes halogenated alkanes) is 2. The van der Waals surface area contributed by atoms with Crippen LogP contribution < -0.4 is 0 Å². The summed E-state index contributed by atoms with van der Waals surface area (Å²) in [6.45, 7) is 4.28. The summed E-state index contributed by atoms with van der Waals surface area (Å²) in [7, 11) is 0. The molecule has 0 aromatic carbocycles. The minimum absolute atomic E-state index is 0.0687. The second-order valence-electron chi connectivity index (χ2n) is 4.55. The fourth-order valence-corrected chi connectivity index (χ4v) is 2.05. The zero-order chi connectivity index (χ0) is 11.8. The van der Waals surface area contributed by atoms with Crippen molar-refractivity contribution < 1.29 is 9.53 Å². The number of ether oxygens (including phenoxy) is 1. The molecule has 0 amide bonds. The second-order valence-corrected chi connectivity index (χ2v) is 4.55. The summed E-state index contributed by atoms with van der Waals surface area (Å²) in [6, 6.07) is 0. The van der Waals surface area contributed by atoms with Gasteiger partial charge in [0, 0.05) is 5.57 Å². The van der Waals surface area contributed by atoms with Gasteiger partial charge in [-0.1, -0.05) is 32.8 Å². The average molecular weight is 224 g/mol. The highest BCUT2D eigenvalue weighted by Gasteiger charge is 2.18. The molecular formula is C14H24O2. The lowest BCUT2D eigenvalue weighted by molar-refractivity contribution is -0.144. The Labute approximate surface area is 99.1 Å². The Balaban J connectivity index is 2.28. The molecule has 0 saturated heterocycles. The van der Waals surface area contributed by atoms with Crippen LogP contribution in [-0.4, -0.2) is 12.1 Å². The fraction of sp³-hybridized carbons (Fsp3) is 0.786. The Hall–Kier alpha value is -0.790. The van der Waals surface area contributed by atoms with E-state index in [0.29, 0.717) is 0 Å². The van der Waals surface area contributed by atoms with Crippen molar-refractivity contribution in [2.45, 2.75) is 71.3 Å². The van der Waals surface area contributed by atoms with Gasteiger partial charge in [0.15, 0.2) is 0 Å². The Kier molecular flexibility index (Phi) is 6.20. The van der Waals surface area contributed by atoms with Crippen molar-refractivity contribution in [3.63, 3.8) is 0 Å². The first-order chi connectivity index (χ1) is 7.77. The highest BCUT2D eigenvalue weighted by Crippen LogP contribution is 2.20. The number of hydrogen-bond donors (Lipinski definition) is 0. The lowest BCUT2D eigenvalue weighted by atomic mass is 10.1. The van der Waals surface area contributed by atoms with Crippen molar-refractivity contribution in [1.29, 1.82) is 0 Å². The van der Waals surface area contributed by atoms with E-state index < -0.39 is 0 Å². The first-order valence-electron chi connectivity index (χ1n) is 6.68. The third-order valence-electron chi connectivity index (χ3n) is 3.16. The van der Waals surface area contributed by atoms with Crippen LogP contribution in [0.1, 0.15) is 65.2 Å². The Morgan fingerprint density at radius 1 is 1.44 bits per heavy atom. The number of allylic oxidation sites excluding steroid dienone is 1. The van der Waals surface area contributed by atoms with Gasteiger partial charge in [0.2, 0.25) is 0 Å². The summed E-state index contributed by atoms with van der Waals surface area (Å²) in [6.07, 6.45) is 10.8. The molecule has 2 nitrogen and oxygen atoms in total. The molecule has 0 bridgehead atoms. The van der Waals surface area contributed by atoms with Gasteiger partial charge < -0.3 is 4.74 Å². The lowest BCUT2D eigenvalue weighted by Gasteiger charge is -2.16. The van der Waals surface area contributed by atoms with Crippen molar-refractivity contribution in [2.75, 3.05) is 0 Å². The van der Waals surface area contributed by atoms with Crippen LogP contribution in [0.5, 0.6) is 0 Å². The highest BCUT2D eigenvalue weighted by molar-refractivity contribution is 5.88. The molecular weight excluding hydrogens is 200 g/mol. The van der Waals surface area contributed by atoms with Crippen LogP contribution in [0.2, 0.25) is 0 Å². The number of carbonyl (C=O) groups is 1. The van der Waals surface area contributed by atoms with Gasteiger partial charge in [-0.3, -0.25) is 0 Å². The molecule has 1 unspecified atom stereocenters. The zero-order valence-electron chi connectivity index (χ0n) is 10.6. The molecule has 0 radical (unpaired) electrons. The topological polar surface area (TPSA) is 26.3 Å². The van der Waals surface area contributed by atoms with E-state index in [1.165, 1.54) is 19.3 Å². The number of hydrogen-bond acceptors (Lipinski definition) is 2. The molecule has 1 atom stereocenters. The fourth-order valence-electron chi connectivity index (χ4n) is 2.05. The first kappa shape index (κ1) is 13.3. The van der Waals surface area contributed by atoms with E-state index in [1.807, 2.05) is 6.08 Å². The Morgan fingerprint density at radius 2 is 2.25 bits per heavy atom. The molecule has 1 aliphatic rings. The van der Waals surface area contributed by atoms with Gasteiger partial charge >= 0.3 is 5.97 Å². The molecule has 2 heteroatoms. The van der Waals surface area contributed by atoms with E-state index in [0.717, 1.165) is 37.7 Å². The maximum absolute atomic E-state index is 11.8. The maximum atomic E-state index is 11.8. The predicted octanol–water partition coefficient (Wildman–Crippen LogP) is 4.00. The van der Waals surface area contributed by atoms with Gasteiger partial charge in [0.05, 0.1) is 0 Å². The van der Waals surface area contributed by atoms with E-state index in [2.05, 4.69) is 13.8 Å².